The van der Waals surface area contributed by atoms with E-state index in [-0.39, 0.29) is 13.4 Å². The number of benzene rings is 1. The number of azide groups is 1. The van der Waals surface area contributed by atoms with Gasteiger partial charge in [0.1, 0.15) is 67.8 Å². The van der Waals surface area contributed by atoms with Crippen molar-refractivity contribution in [2.24, 2.45) is 5.11 Å². The summed E-state index contributed by atoms with van der Waals surface area (Å²) in [5.41, 5.74) is 10.7. The SMILES string of the molecule is CCO[C@@]1(c2ccccc2)OC[C@H]2O[C@H](O[C@H]3[C@H](O)[C@@H]4OC5(CCCCC5)O[C@@H]4[C@H]4OC5(CCCCC5)O[C@@H]43)[C@H](N=[N+]=[N-])[C@@H](OCOCC[Si](C)(C)C)[C@@H]2O1. The topological polar surface area (TPSA) is 171 Å². The third-order valence-corrected chi connectivity index (χ3v) is 13.9. The Morgan fingerprint density at radius 1 is 0.836 bits per heavy atom. The Bertz CT molecular complexity index is 1490. The maximum Gasteiger partial charge on any atom is 0.312 e. The predicted molar refractivity (Wildman–Crippen MR) is 198 cm³/mol. The minimum atomic E-state index is -1.56. The van der Waals surface area contributed by atoms with Crippen LogP contribution in [0.3, 0.4) is 0 Å². The highest BCUT2D eigenvalue weighted by Crippen LogP contribution is 2.52. The van der Waals surface area contributed by atoms with Gasteiger partial charge in [-0.15, -0.1) is 0 Å². The summed E-state index contributed by atoms with van der Waals surface area (Å²) in [5.74, 6) is -3.14. The molecule has 0 unspecified atom stereocenters. The first-order valence-electron chi connectivity index (χ1n) is 20.5. The minimum absolute atomic E-state index is 0.0465. The molecule has 0 amide bonds. The van der Waals surface area contributed by atoms with E-state index in [1.807, 2.05) is 37.3 Å². The fourth-order valence-corrected chi connectivity index (χ4v) is 10.2. The van der Waals surface area contributed by atoms with E-state index >= 15 is 0 Å². The van der Waals surface area contributed by atoms with Crippen molar-refractivity contribution in [1.82, 2.24) is 0 Å². The summed E-state index contributed by atoms with van der Waals surface area (Å²) in [5, 5.41) is 16.4. The molecule has 12 atom stereocenters. The molecule has 4 saturated heterocycles. The van der Waals surface area contributed by atoms with E-state index in [0.717, 1.165) is 70.3 Å². The van der Waals surface area contributed by atoms with Crippen LogP contribution in [0.5, 0.6) is 0 Å². The third-order valence-electron chi connectivity index (χ3n) is 12.2. The molecule has 55 heavy (non-hydrogen) atoms. The van der Waals surface area contributed by atoms with Gasteiger partial charge in [-0.2, -0.15) is 0 Å². The second-order valence-electron chi connectivity index (χ2n) is 17.3. The molecule has 1 aromatic rings. The summed E-state index contributed by atoms with van der Waals surface area (Å²) in [7, 11) is -1.37. The van der Waals surface area contributed by atoms with Crippen LogP contribution in [0.1, 0.15) is 76.7 Å². The molecule has 7 fully saturated rings. The van der Waals surface area contributed by atoms with Crippen LogP contribution >= 0.6 is 0 Å². The van der Waals surface area contributed by atoms with Crippen LogP contribution in [-0.2, 0) is 58.1 Å². The maximum absolute atomic E-state index is 12.2. The lowest BCUT2D eigenvalue weighted by Gasteiger charge is -2.52. The molecular weight excluding hydrogens is 731 g/mol. The molecule has 0 aromatic heterocycles. The lowest BCUT2D eigenvalue weighted by atomic mass is 9.84. The van der Waals surface area contributed by atoms with Crippen LogP contribution in [0.2, 0.25) is 25.7 Å². The molecule has 1 aromatic carbocycles. The normalized spacial score (nSPS) is 40.6. The van der Waals surface area contributed by atoms with Crippen LogP contribution in [0.15, 0.2) is 35.4 Å². The van der Waals surface area contributed by atoms with E-state index in [1.165, 1.54) is 0 Å². The molecule has 8 rings (SSSR count). The standard InChI is InChI=1S/C39H59N3O12Si/c1-5-46-39(25-15-9-6-10-16-25)47-23-26-29(54-39)30(45-24-44-21-22-55(2,3)4)27(41-42-40)36(48-26)49-31-28(43)32-34(52-37(50-32)17-11-7-12-18-37)35-33(31)51-38(53-35)19-13-8-14-20-38/h6,9-10,15-16,26-36,43H,5,7-8,11-14,17-24H2,1-4H3/t26-,27-,28+,29-,30-,31+,32+,33-,34+,35+,36-,39+/m1/s1. The molecule has 3 aliphatic carbocycles. The van der Waals surface area contributed by atoms with Gasteiger partial charge in [0.25, 0.3) is 0 Å². The van der Waals surface area contributed by atoms with E-state index < -0.39 is 92.9 Å². The average molecular weight is 790 g/mol. The van der Waals surface area contributed by atoms with Gasteiger partial charge in [-0.05, 0) is 44.2 Å². The zero-order valence-corrected chi connectivity index (χ0v) is 33.6. The fraction of sp³-hybridized carbons (Fsp3) is 0.846. The lowest BCUT2D eigenvalue weighted by Crippen LogP contribution is -2.68. The Morgan fingerprint density at radius 2 is 1.47 bits per heavy atom. The van der Waals surface area contributed by atoms with Crippen LogP contribution in [0, 0.1) is 0 Å². The van der Waals surface area contributed by atoms with E-state index in [9.17, 15) is 10.6 Å². The van der Waals surface area contributed by atoms with Crippen molar-refractivity contribution in [2.75, 3.05) is 26.6 Å². The summed E-state index contributed by atoms with van der Waals surface area (Å²) in [6.07, 6.45) is 0.848. The maximum atomic E-state index is 12.2. The summed E-state index contributed by atoms with van der Waals surface area (Å²) < 4.78 is 72.3. The molecule has 3 saturated carbocycles. The van der Waals surface area contributed by atoms with Gasteiger partial charge >= 0.3 is 5.97 Å². The van der Waals surface area contributed by atoms with Crippen molar-refractivity contribution in [3.05, 3.63) is 46.3 Å². The van der Waals surface area contributed by atoms with Crippen molar-refractivity contribution in [1.29, 1.82) is 0 Å². The van der Waals surface area contributed by atoms with Crippen molar-refractivity contribution in [3.8, 4) is 0 Å². The predicted octanol–water partition coefficient (Wildman–Crippen LogP) is 6.00. The Morgan fingerprint density at radius 3 is 2.11 bits per heavy atom. The number of fused-ring (bicyclic) bond motifs is 4. The number of hydrogen-bond acceptors (Lipinski definition) is 13. The highest BCUT2D eigenvalue weighted by Gasteiger charge is 2.67. The Kier molecular flexibility index (Phi) is 12.0. The second kappa shape index (κ2) is 16.5. The Hall–Kier alpha value is -1.73. The number of aliphatic hydroxyl groups is 1. The van der Waals surface area contributed by atoms with Gasteiger partial charge in [0.15, 0.2) is 17.9 Å². The van der Waals surface area contributed by atoms with Gasteiger partial charge in [-0.1, -0.05) is 67.9 Å². The fourth-order valence-electron chi connectivity index (χ4n) is 9.45. The highest BCUT2D eigenvalue weighted by molar-refractivity contribution is 6.76. The number of rotatable bonds is 12. The van der Waals surface area contributed by atoms with E-state index in [4.69, 9.17) is 52.1 Å². The molecule has 1 N–H and O–H groups in total. The van der Waals surface area contributed by atoms with Gasteiger partial charge in [0.05, 0.1) is 6.61 Å². The Labute approximate surface area is 324 Å². The number of nitrogens with zero attached hydrogens (tertiary/aromatic N) is 3. The van der Waals surface area contributed by atoms with Crippen LogP contribution in [0.4, 0.5) is 0 Å². The first kappa shape index (κ1) is 40.1. The zero-order valence-electron chi connectivity index (χ0n) is 32.6. The van der Waals surface area contributed by atoms with Crippen molar-refractivity contribution in [3.63, 3.8) is 0 Å². The molecule has 16 heteroatoms. The first-order valence-corrected chi connectivity index (χ1v) is 24.2. The van der Waals surface area contributed by atoms with Crippen LogP contribution in [0.25, 0.3) is 10.4 Å². The van der Waals surface area contributed by atoms with Crippen LogP contribution < -0.4 is 0 Å². The number of hydrogen-bond donors (Lipinski definition) is 1. The Balaban J connectivity index is 1.09. The largest absolute Gasteiger partial charge is 0.387 e. The average Bonchev–Trinajstić information content (AvgIpc) is 3.73. The molecule has 4 heterocycles. The molecule has 306 valence electrons. The van der Waals surface area contributed by atoms with Gasteiger partial charge in [-0.25, -0.2) is 0 Å². The summed E-state index contributed by atoms with van der Waals surface area (Å²) in [6, 6.07) is 9.29. The quantitative estimate of drug-likeness (QED) is 0.0656. The number of ether oxygens (including phenoxy) is 11. The van der Waals surface area contributed by atoms with E-state index in [1.54, 1.807) is 0 Å². The molecule has 7 aliphatic rings. The minimum Gasteiger partial charge on any atom is -0.387 e. The van der Waals surface area contributed by atoms with Crippen molar-refractivity contribution >= 4 is 8.07 Å². The lowest BCUT2D eigenvalue weighted by molar-refractivity contribution is -0.468. The molecular formula is C39H59N3O12Si. The van der Waals surface area contributed by atoms with E-state index in [0.29, 0.717) is 18.8 Å². The highest BCUT2D eigenvalue weighted by atomic mass is 28.3. The van der Waals surface area contributed by atoms with Gasteiger partial charge in [0, 0.05) is 57.4 Å². The van der Waals surface area contributed by atoms with Crippen LogP contribution in [-0.4, -0.2) is 119 Å². The van der Waals surface area contributed by atoms with E-state index in [2.05, 4.69) is 29.7 Å². The number of aliphatic hydroxyl groups excluding tert-OH is 1. The summed E-state index contributed by atoms with van der Waals surface area (Å²) in [4.78, 5) is 3.23. The smallest absolute Gasteiger partial charge is 0.312 e. The second-order valence-corrected chi connectivity index (χ2v) is 22.9. The van der Waals surface area contributed by atoms with Crippen molar-refractivity contribution < 1.29 is 57.2 Å². The van der Waals surface area contributed by atoms with Crippen molar-refractivity contribution in [2.45, 2.75) is 182 Å². The van der Waals surface area contributed by atoms with Gasteiger partial charge < -0.3 is 57.2 Å². The first-order chi connectivity index (χ1) is 26.6. The monoisotopic (exact) mass is 789 g/mol. The molecule has 4 aliphatic heterocycles. The molecule has 0 radical (unpaired) electrons. The third kappa shape index (κ3) is 8.15. The molecule has 15 nitrogen and oxygen atoms in total. The van der Waals surface area contributed by atoms with Gasteiger partial charge in [0.2, 0.25) is 0 Å². The van der Waals surface area contributed by atoms with Gasteiger partial charge in [-0.3, -0.25) is 0 Å². The summed E-state index contributed by atoms with van der Waals surface area (Å²) in [6.45, 7) is 9.51. The molecule has 2 spiro atoms. The zero-order chi connectivity index (χ0) is 38.3. The molecule has 0 bridgehead atoms. The summed E-state index contributed by atoms with van der Waals surface area (Å²) >= 11 is 0.